The van der Waals surface area contributed by atoms with Crippen molar-refractivity contribution in [2.45, 2.75) is 19.3 Å². The predicted octanol–water partition coefficient (Wildman–Crippen LogP) is 16.6. The largest absolute Gasteiger partial charge is 0.311 e. The highest BCUT2D eigenvalue weighted by Gasteiger charge is 2.37. The molecule has 0 N–H and O–H groups in total. The molecule has 0 amide bonds. The van der Waals surface area contributed by atoms with Crippen molar-refractivity contribution in [3.8, 4) is 33.4 Å². The summed E-state index contributed by atoms with van der Waals surface area (Å²) in [5.74, 6) is 0. The van der Waals surface area contributed by atoms with Crippen LogP contribution in [-0.2, 0) is 5.41 Å². The molecule has 1 aliphatic carbocycles. The Morgan fingerprint density at radius 2 is 0.721 bits per heavy atom. The van der Waals surface area contributed by atoms with Crippen molar-refractivity contribution in [2.24, 2.45) is 0 Å². The molecule has 2 heteroatoms. The zero-order valence-corrected chi connectivity index (χ0v) is 34.3. The summed E-state index contributed by atoms with van der Waals surface area (Å²) < 4.78 is 0. The van der Waals surface area contributed by atoms with Crippen molar-refractivity contribution in [2.75, 3.05) is 9.80 Å². The quantitative estimate of drug-likeness (QED) is 0.152. The summed E-state index contributed by atoms with van der Waals surface area (Å²) in [7, 11) is 0. The van der Waals surface area contributed by atoms with Gasteiger partial charge >= 0.3 is 0 Å². The van der Waals surface area contributed by atoms with E-state index in [1.807, 2.05) is 0 Å². The molecule has 1 aliphatic rings. The fraction of sp³-hybridized carbons (Fsp3) is 0.0508. The van der Waals surface area contributed by atoms with E-state index in [9.17, 15) is 0 Å². The molecule has 0 heterocycles. The van der Waals surface area contributed by atoms with Crippen LogP contribution in [0.1, 0.15) is 25.0 Å². The number of nitrogens with zero attached hydrogens (tertiary/aromatic N) is 2. The van der Waals surface area contributed by atoms with Gasteiger partial charge in [0.25, 0.3) is 0 Å². The van der Waals surface area contributed by atoms with E-state index in [4.69, 9.17) is 0 Å². The molecule has 0 saturated carbocycles. The lowest BCUT2D eigenvalue weighted by Gasteiger charge is -2.26. The Kier molecular flexibility index (Phi) is 8.86. The van der Waals surface area contributed by atoms with Crippen molar-refractivity contribution >= 4 is 55.7 Å². The highest BCUT2D eigenvalue weighted by molar-refractivity contribution is 6.09. The first-order valence-electron chi connectivity index (χ1n) is 21.2. The monoisotopic (exact) mass is 780 g/mol. The zero-order chi connectivity index (χ0) is 40.9. The summed E-state index contributed by atoms with van der Waals surface area (Å²) in [4.78, 5) is 4.64. The number of benzene rings is 10. The van der Waals surface area contributed by atoms with Gasteiger partial charge in [-0.3, -0.25) is 0 Å². The first-order chi connectivity index (χ1) is 30.0. The zero-order valence-electron chi connectivity index (χ0n) is 34.3. The molecule has 0 atom stereocenters. The van der Waals surface area contributed by atoms with Crippen LogP contribution in [0.25, 0.3) is 54.9 Å². The van der Waals surface area contributed by atoms with E-state index in [0.29, 0.717) is 0 Å². The second-order valence-corrected chi connectivity index (χ2v) is 16.6. The number of para-hydroxylation sites is 4. The topological polar surface area (TPSA) is 6.48 Å². The summed E-state index contributed by atoms with van der Waals surface area (Å²) >= 11 is 0. The number of hydrogen-bond donors (Lipinski definition) is 0. The molecule has 0 radical (unpaired) electrons. The standard InChI is InChI=1S/C59H44N2/c1-59(2)56-39-45(42-27-28-44-38-51(35-31-43(44)37-42)61(48-21-11-5-12-22-48)49-23-13-6-14-24-49)32-36-54(56)58-53-26-16-15-25-52(53)55(40-57(58)59)41-29-33-50(34-30-41)60(46-17-7-3-8-18-46)47-19-9-4-10-20-47/h3-40H,1-2H3. The van der Waals surface area contributed by atoms with Gasteiger partial charge < -0.3 is 9.80 Å². The number of rotatable bonds is 8. The average molecular weight is 781 g/mol. The highest BCUT2D eigenvalue weighted by atomic mass is 15.1. The van der Waals surface area contributed by atoms with Gasteiger partial charge in [0.05, 0.1) is 0 Å². The Balaban J connectivity index is 0.951. The van der Waals surface area contributed by atoms with Crippen LogP contribution in [0.3, 0.4) is 0 Å². The molecule has 290 valence electrons. The molecule has 11 rings (SSSR count). The van der Waals surface area contributed by atoms with Gasteiger partial charge in [-0.25, -0.2) is 0 Å². The van der Waals surface area contributed by atoms with E-state index in [1.165, 1.54) is 66.1 Å². The third kappa shape index (κ3) is 6.36. The van der Waals surface area contributed by atoms with E-state index in [1.54, 1.807) is 0 Å². The lowest BCUT2D eigenvalue weighted by atomic mass is 9.80. The van der Waals surface area contributed by atoms with Crippen LogP contribution >= 0.6 is 0 Å². The summed E-state index contributed by atoms with van der Waals surface area (Å²) in [6.07, 6.45) is 0. The average Bonchev–Trinajstić information content (AvgIpc) is 3.55. The fourth-order valence-electron chi connectivity index (χ4n) is 9.55. The van der Waals surface area contributed by atoms with Gasteiger partial charge in [-0.15, -0.1) is 0 Å². The van der Waals surface area contributed by atoms with Crippen LogP contribution in [0.15, 0.2) is 231 Å². The van der Waals surface area contributed by atoms with Crippen LogP contribution in [0.2, 0.25) is 0 Å². The van der Waals surface area contributed by atoms with E-state index in [0.717, 1.165) is 34.1 Å². The number of hydrogen-bond acceptors (Lipinski definition) is 2. The van der Waals surface area contributed by atoms with Gasteiger partial charge in [0, 0.05) is 39.5 Å². The third-order valence-electron chi connectivity index (χ3n) is 12.6. The highest BCUT2D eigenvalue weighted by Crippen LogP contribution is 2.54. The Morgan fingerprint density at radius 3 is 1.31 bits per heavy atom. The maximum atomic E-state index is 2.47. The molecule has 10 aromatic rings. The van der Waals surface area contributed by atoms with Crippen LogP contribution < -0.4 is 9.80 Å². The first-order valence-corrected chi connectivity index (χ1v) is 21.2. The van der Waals surface area contributed by atoms with Crippen LogP contribution in [0, 0.1) is 0 Å². The molecule has 61 heavy (non-hydrogen) atoms. The van der Waals surface area contributed by atoms with Crippen molar-refractivity contribution in [3.05, 3.63) is 242 Å². The molecule has 10 aromatic carbocycles. The van der Waals surface area contributed by atoms with E-state index in [-0.39, 0.29) is 5.41 Å². The van der Waals surface area contributed by atoms with Crippen LogP contribution in [0.4, 0.5) is 34.1 Å². The Morgan fingerprint density at radius 1 is 0.295 bits per heavy atom. The number of fused-ring (bicyclic) bond motifs is 6. The van der Waals surface area contributed by atoms with Gasteiger partial charge in [0.2, 0.25) is 0 Å². The van der Waals surface area contributed by atoms with Gasteiger partial charge in [-0.1, -0.05) is 153 Å². The minimum atomic E-state index is -0.194. The van der Waals surface area contributed by atoms with Gasteiger partial charge in [0.15, 0.2) is 0 Å². The summed E-state index contributed by atoms with van der Waals surface area (Å²) in [6, 6.07) is 83.8. The van der Waals surface area contributed by atoms with Crippen molar-refractivity contribution in [3.63, 3.8) is 0 Å². The smallest absolute Gasteiger partial charge is 0.0468 e. The molecule has 0 fully saturated rings. The maximum absolute atomic E-state index is 2.47. The first kappa shape index (κ1) is 36.4. The van der Waals surface area contributed by atoms with Crippen LogP contribution in [-0.4, -0.2) is 0 Å². The molecular formula is C59H44N2. The Hall–Kier alpha value is -7.68. The second kappa shape index (κ2) is 14.9. The summed E-state index contributed by atoms with van der Waals surface area (Å²) in [5.41, 5.74) is 17.0. The van der Waals surface area contributed by atoms with E-state index < -0.39 is 0 Å². The summed E-state index contributed by atoms with van der Waals surface area (Å²) in [6.45, 7) is 4.79. The number of anilines is 6. The van der Waals surface area contributed by atoms with Crippen molar-refractivity contribution < 1.29 is 0 Å². The Bertz CT molecular complexity index is 3110. The van der Waals surface area contributed by atoms with Crippen molar-refractivity contribution in [1.82, 2.24) is 0 Å². The maximum Gasteiger partial charge on any atom is 0.0468 e. The fourth-order valence-corrected chi connectivity index (χ4v) is 9.55. The van der Waals surface area contributed by atoms with Gasteiger partial charge in [0.1, 0.15) is 0 Å². The van der Waals surface area contributed by atoms with Gasteiger partial charge in [-0.05, 0) is 157 Å². The molecular weight excluding hydrogens is 737 g/mol. The molecule has 2 nitrogen and oxygen atoms in total. The van der Waals surface area contributed by atoms with Crippen LogP contribution in [0.5, 0.6) is 0 Å². The normalized spacial score (nSPS) is 12.6. The molecule has 0 unspecified atom stereocenters. The minimum absolute atomic E-state index is 0.194. The molecule has 0 aromatic heterocycles. The minimum Gasteiger partial charge on any atom is -0.311 e. The molecule has 0 saturated heterocycles. The summed E-state index contributed by atoms with van der Waals surface area (Å²) in [5, 5.41) is 5.02. The van der Waals surface area contributed by atoms with Gasteiger partial charge in [-0.2, -0.15) is 0 Å². The van der Waals surface area contributed by atoms with E-state index in [2.05, 4.69) is 254 Å². The SMILES string of the molecule is CC1(C)c2cc(-c3ccc4cc(N(c5ccccc5)c5ccccc5)ccc4c3)ccc2-c2c1cc(-c1ccc(N(c3ccccc3)c3ccccc3)cc1)c1ccccc21. The second-order valence-electron chi connectivity index (χ2n) is 16.6. The molecule has 0 spiro atoms. The molecule has 0 bridgehead atoms. The van der Waals surface area contributed by atoms with Crippen molar-refractivity contribution in [1.29, 1.82) is 0 Å². The van der Waals surface area contributed by atoms with E-state index >= 15 is 0 Å². The molecule has 0 aliphatic heterocycles. The lowest BCUT2D eigenvalue weighted by Crippen LogP contribution is -2.15. The lowest BCUT2D eigenvalue weighted by molar-refractivity contribution is 0.661. The Labute approximate surface area is 358 Å². The predicted molar refractivity (Wildman–Crippen MR) is 259 cm³/mol. The third-order valence-corrected chi connectivity index (χ3v) is 12.6.